The topological polar surface area (TPSA) is 26.8 Å². The Morgan fingerprint density at radius 3 is 2.24 bits per heavy atom. The molecule has 1 saturated carbocycles. The highest BCUT2D eigenvalue weighted by Crippen LogP contribution is 2.28. The molecule has 1 saturated heterocycles. The lowest BCUT2D eigenvalue weighted by Crippen LogP contribution is -2.48. The van der Waals surface area contributed by atoms with E-state index in [2.05, 4.69) is 46.2 Å². The van der Waals surface area contributed by atoms with Gasteiger partial charge in [0, 0.05) is 56.6 Å². The molecule has 6 rings (SSSR count). The summed E-state index contributed by atoms with van der Waals surface area (Å²) in [4.78, 5) is 20.4. The number of hydrogen-bond donors (Lipinski definition) is 0. The second-order valence-corrected chi connectivity index (χ2v) is 10.3. The summed E-state index contributed by atoms with van der Waals surface area (Å²) in [6.45, 7) is 5.76. The van der Waals surface area contributed by atoms with E-state index < -0.39 is 0 Å². The van der Waals surface area contributed by atoms with Crippen LogP contribution in [0.3, 0.4) is 0 Å². The zero-order valence-corrected chi connectivity index (χ0v) is 20.1. The zero-order valence-electron chi connectivity index (χ0n) is 20.1. The molecule has 176 valence electrons. The van der Waals surface area contributed by atoms with Crippen LogP contribution in [0.4, 0.5) is 5.69 Å². The Morgan fingerprint density at radius 1 is 0.706 bits per heavy atom. The van der Waals surface area contributed by atoms with E-state index in [0.29, 0.717) is 0 Å². The zero-order chi connectivity index (χ0) is 22.9. The van der Waals surface area contributed by atoms with Crippen molar-refractivity contribution in [2.45, 2.75) is 44.6 Å². The van der Waals surface area contributed by atoms with Crippen LogP contribution in [0, 0.1) is 0 Å². The molecule has 3 aliphatic rings. The summed E-state index contributed by atoms with van der Waals surface area (Å²) in [6.07, 6.45) is 7.95. The van der Waals surface area contributed by atoms with Gasteiger partial charge < -0.3 is 9.80 Å². The monoisotopic (exact) mass is 453 g/mol. The van der Waals surface area contributed by atoms with E-state index in [1.807, 2.05) is 29.2 Å². The third kappa shape index (κ3) is 4.32. The SMILES string of the molecule is O=C(c1ccc2ccccc2c1)N1CCN(c2ccc3c(c2)CCN(C2CCCC2)CC3)CC1. The van der Waals surface area contributed by atoms with Gasteiger partial charge in [0.15, 0.2) is 0 Å². The molecule has 0 spiro atoms. The van der Waals surface area contributed by atoms with Crippen molar-refractivity contribution in [2.24, 2.45) is 0 Å². The van der Waals surface area contributed by atoms with Gasteiger partial charge in [-0.25, -0.2) is 0 Å². The number of carbonyl (C=O) groups is 1. The largest absolute Gasteiger partial charge is 0.368 e. The molecule has 0 radical (unpaired) electrons. The number of benzene rings is 3. The Labute approximate surface area is 203 Å². The second kappa shape index (κ2) is 9.42. The summed E-state index contributed by atoms with van der Waals surface area (Å²) in [6, 6.07) is 22.2. The molecule has 2 fully saturated rings. The van der Waals surface area contributed by atoms with Gasteiger partial charge in [0.1, 0.15) is 0 Å². The molecule has 0 bridgehead atoms. The first-order chi connectivity index (χ1) is 16.7. The lowest BCUT2D eigenvalue weighted by atomic mass is 10.0. The van der Waals surface area contributed by atoms with Gasteiger partial charge in [0.05, 0.1) is 0 Å². The minimum absolute atomic E-state index is 0.152. The quantitative estimate of drug-likeness (QED) is 0.549. The number of amides is 1. The van der Waals surface area contributed by atoms with Crippen LogP contribution in [0.1, 0.15) is 47.2 Å². The van der Waals surface area contributed by atoms with Gasteiger partial charge in [-0.05, 0) is 71.8 Å². The summed E-state index contributed by atoms with van der Waals surface area (Å²) < 4.78 is 0. The second-order valence-electron chi connectivity index (χ2n) is 10.3. The Bertz CT molecular complexity index is 1170. The molecule has 3 aromatic rings. The van der Waals surface area contributed by atoms with Gasteiger partial charge in [-0.1, -0.05) is 49.2 Å². The molecule has 0 atom stereocenters. The van der Waals surface area contributed by atoms with E-state index in [0.717, 1.165) is 43.2 Å². The first-order valence-corrected chi connectivity index (χ1v) is 13.1. The molecule has 4 nitrogen and oxygen atoms in total. The van der Waals surface area contributed by atoms with E-state index in [1.165, 1.54) is 73.8 Å². The molecule has 4 heteroatoms. The predicted octanol–water partition coefficient (Wildman–Crippen LogP) is 5.15. The molecular weight excluding hydrogens is 418 g/mol. The third-order valence-corrected chi connectivity index (χ3v) is 8.30. The van der Waals surface area contributed by atoms with Crippen molar-refractivity contribution in [1.82, 2.24) is 9.80 Å². The molecule has 3 aromatic carbocycles. The van der Waals surface area contributed by atoms with E-state index in [4.69, 9.17) is 0 Å². The fourth-order valence-electron chi connectivity index (χ4n) is 6.23. The molecular formula is C30H35N3O. The van der Waals surface area contributed by atoms with Crippen LogP contribution in [-0.4, -0.2) is 61.0 Å². The number of hydrogen-bond acceptors (Lipinski definition) is 3. The van der Waals surface area contributed by atoms with Crippen molar-refractivity contribution in [2.75, 3.05) is 44.2 Å². The Hall–Kier alpha value is -2.85. The molecule has 0 unspecified atom stereocenters. The third-order valence-electron chi connectivity index (χ3n) is 8.30. The van der Waals surface area contributed by atoms with Gasteiger partial charge >= 0.3 is 0 Å². The maximum absolute atomic E-state index is 13.2. The molecule has 1 aliphatic carbocycles. The van der Waals surface area contributed by atoms with Gasteiger partial charge in [-0.2, -0.15) is 0 Å². The predicted molar refractivity (Wildman–Crippen MR) is 140 cm³/mol. The van der Waals surface area contributed by atoms with Crippen molar-refractivity contribution in [1.29, 1.82) is 0 Å². The lowest BCUT2D eigenvalue weighted by molar-refractivity contribution is 0.0747. The van der Waals surface area contributed by atoms with Gasteiger partial charge in [-0.15, -0.1) is 0 Å². The lowest BCUT2D eigenvalue weighted by Gasteiger charge is -2.36. The van der Waals surface area contributed by atoms with Crippen LogP contribution in [-0.2, 0) is 12.8 Å². The minimum atomic E-state index is 0.152. The molecule has 2 heterocycles. The fourth-order valence-corrected chi connectivity index (χ4v) is 6.23. The highest BCUT2D eigenvalue weighted by molar-refractivity contribution is 5.98. The number of fused-ring (bicyclic) bond motifs is 2. The van der Waals surface area contributed by atoms with Crippen LogP contribution >= 0.6 is 0 Å². The Kier molecular flexibility index (Phi) is 6.00. The first kappa shape index (κ1) is 21.7. The Morgan fingerprint density at radius 2 is 1.44 bits per heavy atom. The van der Waals surface area contributed by atoms with Gasteiger partial charge in [-0.3, -0.25) is 9.69 Å². The number of carbonyl (C=O) groups excluding carboxylic acids is 1. The molecule has 34 heavy (non-hydrogen) atoms. The summed E-state index contributed by atoms with van der Waals surface area (Å²) in [5.74, 6) is 0.152. The van der Waals surface area contributed by atoms with Crippen molar-refractivity contribution in [3.8, 4) is 0 Å². The molecule has 0 N–H and O–H groups in total. The average Bonchev–Trinajstić information content (AvgIpc) is 3.35. The standard InChI is InChI=1S/C30H35N3O/c34-30(27-10-9-23-5-1-2-6-25(23)21-27)33-19-17-32(18-20-33)29-12-11-24-13-15-31(16-14-26(24)22-29)28-7-3-4-8-28/h1-2,5-6,9-12,21-22,28H,3-4,7-8,13-20H2. The smallest absolute Gasteiger partial charge is 0.253 e. The fraction of sp³-hybridized carbons (Fsp3) is 0.433. The Balaban J connectivity index is 1.10. The van der Waals surface area contributed by atoms with E-state index >= 15 is 0 Å². The van der Waals surface area contributed by atoms with E-state index in [1.54, 1.807) is 0 Å². The number of piperazine rings is 1. The summed E-state index contributed by atoms with van der Waals surface area (Å²) in [5.41, 5.74) is 5.19. The minimum Gasteiger partial charge on any atom is -0.368 e. The van der Waals surface area contributed by atoms with Crippen LogP contribution in [0.2, 0.25) is 0 Å². The number of rotatable bonds is 3. The summed E-state index contributed by atoms with van der Waals surface area (Å²) >= 11 is 0. The highest BCUT2D eigenvalue weighted by atomic mass is 16.2. The van der Waals surface area contributed by atoms with E-state index in [9.17, 15) is 4.79 Å². The van der Waals surface area contributed by atoms with Crippen LogP contribution in [0.15, 0.2) is 60.7 Å². The van der Waals surface area contributed by atoms with Crippen molar-refractivity contribution < 1.29 is 4.79 Å². The van der Waals surface area contributed by atoms with Crippen LogP contribution in [0.25, 0.3) is 10.8 Å². The van der Waals surface area contributed by atoms with Crippen LogP contribution < -0.4 is 4.90 Å². The number of nitrogens with zero attached hydrogens (tertiary/aromatic N) is 3. The maximum atomic E-state index is 13.2. The maximum Gasteiger partial charge on any atom is 0.253 e. The summed E-state index contributed by atoms with van der Waals surface area (Å²) in [5, 5.41) is 2.31. The van der Waals surface area contributed by atoms with Gasteiger partial charge in [0.25, 0.3) is 5.91 Å². The normalized spacial score (nSPS) is 19.9. The highest BCUT2D eigenvalue weighted by Gasteiger charge is 2.26. The van der Waals surface area contributed by atoms with E-state index in [-0.39, 0.29) is 5.91 Å². The first-order valence-electron chi connectivity index (χ1n) is 13.1. The summed E-state index contributed by atoms with van der Waals surface area (Å²) in [7, 11) is 0. The number of anilines is 1. The van der Waals surface area contributed by atoms with Crippen LogP contribution in [0.5, 0.6) is 0 Å². The molecule has 0 aromatic heterocycles. The molecule has 2 aliphatic heterocycles. The van der Waals surface area contributed by atoms with Crippen molar-refractivity contribution in [3.63, 3.8) is 0 Å². The average molecular weight is 454 g/mol. The molecule has 1 amide bonds. The van der Waals surface area contributed by atoms with Gasteiger partial charge in [0.2, 0.25) is 0 Å². The van der Waals surface area contributed by atoms with Crippen molar-refractivity contribution in [3.05, 3.63) is 77.4 Å². The van der Waals surface area contributed by atoms with Crippen molar-refractivity contribution >= 4 is 22.4 Å².